The molecule has 2 N–H and O–H groups in total. The number of halogens is 1. The molecule has 10 heteroatoms. The lowest BCUT2D eigenvalue weighted by atomic mass is 9.94. The number of sulfonamides is 1. The third-order valence-electron chi connectivity index (χ3n) is 6.32. The first-order valence-electron chi connectivity index (χ1n) is 11.5. The molecule has 8 nitrogen and oxygen atoms in total. The summed E-state index contributed by atoms with van der Waals surface area (Å²) in [5, 5.41) is 5.53. The molecule has 35 heavy (non-hydrogen) atoms. The quantitative estimate of drug-likeness (QED) is 0.522. The Morgan fingerprint density at radius 2 is 1.97 bits per heavy atom. The Morgan fingerprint density at radius 3 is 2.69 bits per heavy atom. The van der Waals surface area contributed by atoms with E-state index >= 15 is 0 Å². The number of carbonyl (C=O) groups is 2. The summed E-state index contributed by atoms with van der Waals surface area (Å²) in [5.74, 6) is -0.336. The van der Waals surface area contributed by atoms with E-state index in [4.69, 9.17) is 16.3 Å². The van der Waals surface area contributed by atoms with E-state index in [0.717, 1.165) is 5.56 Å². The van der Waals surface area contributed by atoms with Gasteiger partial charge in [-0.3, -0.25) is 9.59 Å². The van der Waals surface area contributed by atoms with E-state index in [-0.39, 0.29) is 40.3 Å². The van der Waals surface area contributed by atoms with E-state index in [1.165, 1.54) is 22.5 Å². The maximum absolute atomic E-state index is 13.3. The fourth-order valence-electron chi connectivity index (χ4n) is 4.48. The molecule has 0 radical (unpaired) electrons. The number of fused-ring (bicyclic) bond motifs is 1. The first-order chi connectivity index (χ1) is 16.8. The van der Waals surface area contributed by atoms with Gasteiger partial charge in [-0.05, 0) is 55.0 Å². The van der Waals surface area contributed by atoms with Gasteiger partial charge in [-0.15, -0.1) is 0 Å². The van der Waals surface area contributed by atoms with Crippen LogP contribution in [0.25, 0.3) is 0 Å². The van der Waals surface area contributed by atoms with Crippen LogP contribution in [0.5, 0.6) is 0 Å². The molecule has 0 spiro atoms. The number of hydrogen-bond donors (Lipinski definition) is 2. The number of nitrogens with one attached hydrogen (secondary N) is 2. The molecule has 2 aliphatic rings. The van der Waals surface area contributed by atoms with Crippen LogP contribution in [-0.4, -0.2) is 50.0 Å². The molecular formula is C25H28ClN3O5S. The van der Waals surface area contributed by atoms with Crippen molar-refractivity contribution in [3.63, 3.8) is 0 Å². The number of piperidine rings is 1. The molecule has 2 aromatic carbocycles. The van der Waals surface area contributed by atoms with Crippen molar-refractivity contribution in [2.24, 2.45) is 5.92 Å². The van der Waals surface area contributed by atoms with Gasteiger partial charge in [-0.1, -0.05) is 48.5 Å². The number of rotatable bonds is 8. The first-order valence-corrected chi connectivity index (χ1v) is 13.3. The zero-order chi connectivity index (χ0) is 25.0. The van der Waals surface area contributed by atoms with Crippen LogP contribution in [0.15, 0.2) is 66.1 Å². The summed E-state index contributed by atoms with van der Waals surface area (Å²) in [6, 6.07) is 14.1. The summed E-state index contributed by atoms with van der Waals surface area (Å²) in [4.78, 5) is 23.9. The van der Waals surface area contributed by atoms with Crippen LogP contribution in [0.1, 0.15) is 24.8 Å². The van der Waals surface area contributed by atoms with Crippen molar-refractivity contribution in [3.8, 4) is 0 Å². The van der Waals surface area contributed by atoms with Crippen LogP contribution in [-0.2, 0) is 30.8 Å². The van der Waals surface area contributed by atoms with E-state index < -0.39 is 16.3 Å². The predicted octanol–water partition coefficient (Wildman–Crippen LogP) is 3.34. The minimum absolute atomic E-state index is 0.0191. The highest BCUT2D eigenvalue weighted by Gasteiger charge is 2.43. The van der Waals surface area contributed by atoms with E-state index in [9.17, 15) is 18.0 Å². The number of benzene rings is 2. The lowest BCUT2D eigenvalue weighted by molar-refractivity contribution is -0.120. The summed E-state index contributed by atoms with van der Waals surface area (Å²) in [7, 11) is -3.86. The number of amides is 2. The molecular weight excluding hydrogens is 490 g/mol. The van der Waals surface area contributed by atoms with Gasteiger partial charge in [0.2, 0.25) is 21.8 Å². The van der Waals surface area contributed by atoms with Crippen molar-refractivity contribution in [1.29, 1.82) is 0 Å². The van der Waals surface area contributed by atoms with Crippen LogP contribution >= 0.6 is 11.6 Å². The largest absolute Gasteiger partial charge is 0.354 e. The van der Waals surface area contributed by atoms with Crippen LogP contribution in [0, 0.1) is 5.92 Å². The summed E-state index contributed by atoms with van der Waals surface area (Å²) < 4.78 is 33.9. The Morgan fingerprint density at radius 1 is 1.20 bits per heavy atom. The monoisotopic (exact) mass is 517 g/mol. The van der Waals surface area contributed by atoms with Crippen molar-refractivity contribution < 1.29 is 22.7 Å². The number of aryl methyl sites for hydroxylation is 1. The normalized spacial score (nSPS) is 22.3. The molecule has 0 bridgehead atoms. The minimum atomic E-state index is -3.86. The Hall–Kier alpha value is -2.72. The van der Waals surface area contributed by atoms with Gasteiger partial charge in [0.1, 0.15) is 11.1 Å². The van der Waals surface area contributed by atoms with Gasteiger partial charge < -0.3 is 15.4 Å². The molecule has 3 unspecified atom stereocenters. The molecule has 2 aliphatic heterocycles. The van der Waals surface area contributed by atoms with Gasteiger partial charge >= 0.3 is 0 Å². The number of hydrogen-bond acceptors (Lipinski definition) is 5. The van der Waals surface area contributed by atoms with E-state index in [1.54, 1.807) is 6.07 Å². The maximum atomic E-state index is 13.3. The van der Waals surface area contributed by atoms with Crippen molar-refractivity contribution >= 4 is 39.1 Å². The van der Waals surface area contributed by atoms with Crippen LogP contribution in [0.2, 0.25) is 5.02 Å². The second-order valence-electron chi connectivity index (χ2n) is 8.70. The predicted molar refractivity (Wildman–Crippen MR) is 133 cm³/mol. The third-order valence-corrected chi connectivity index (χ3v) is 8.67. The second-order valence-corrected chi connectivity index (χ2v) is 11.0. The average Bonchev–Trinajstić information content (AvgIpc) is 3.24. The summed E-state index contributed by atoms with van der Waals surface area (Å²) in [6.07, 6.45) is 2.58. The molecule has 0 aliphatic carbocycles. The molecule has 2 fully saturated rings. The van der Waals surface area contributed by atoms with Crippen LogP contribution < -0.4 is 10.6 Å². The zero-order valence-corrected chi connectivity index (χ0v) is 20.7. The molecule has 3 atom stereocenters. The summed E-state index contributed by atoms with van der Waals surface area (Å²) >= 11 is 6.35. The number of ether oxygens (including phenoxy) is 1. The minimum Gasteiger partial charge on any atom is -0.354 e. The number of anilines is 1. The van der Waals surface area contributed by atoms with E-state index in [1.807, 2.05) is 30.3 Å². The van der Waals surface area contributed by atoms with Gasteiger partial charge in [0.15, 0.2) is 0 Å². The van der Waals surface area contributed by atoms with E-state index in [2.05, 4.69) is 17.2 Å². The van der Waals surface area contributed by atoms with Gasteiger partial charge in [0.25, 0.3) is 0 Å². The highest BCUT2D eigenvalue weighted by Crippen LogP contribution is 2.36. The molecule has 2 aromatic rings. The lowest BCUT2D eigenvalue weighted by Gasteiger charge is -2.33. The maximum Gasteiger partial charge on any atom is 0.245 e. The Balaban J connectivity index is 1.37. The van der Waals surface area contributed by atoms with Gasteiger partial charge in [0, 0.05) is 25.2 Å². The molecule has 4 rings (SSSR count). The fraction of sp³-hybridized carbons (Fsp3) is 0.360. The smallest absolute Gasteiger partial charge is 0.245 e. The summed E-state index contributed by atoms with van der Waals surface area (Å²) in [6.45, 7) is 3.95. The van der Waals surface area contributed by atoms with Gasteiger partial charge in [-0.2, -0.15) is 4.31 Å². The molecule has 186 valence electrons. The van der Waals surface area contributed by atoms with Crippen molar-refractivity contribution in [2.45, 2.75) is 42.9 Å². The molecule has 2 saturated heterocycles. The van der Waals surface area contributed by atoms with Gasteiger partial charge in [-0.25, -0.2) is 8.42 Å². The molecule has 0 saturated carbocycles. The number of nitrogens with zero attached hydrogens (tertiary/aromatic N) is 1. The average molecular weight is 518 g/mol. The second kappa shape index (κ2) is 10.9. The topological polar surface area (TPSA) is 105 Å². The SMILES string of the molecule is C=CC(=O)NC1CC2CCN(S(=O)(=O)c3ccc(NC(=O)CCc4ccccc4)cc3Cl)CC2O1. The highest BCUT2D eigenvalue weighted by molar-refractivity contribution is 7.89. The fourth-order valence-corrected chi connectivity index (χ4v) is 6.47. The third kappa shape index (κ3) is 6.10. The standard InChI is InChI=1S/C25H28ClN3O5S/c1-2-23(30)28-25-14-18-12-13-29(16-21(18)34-25)35(32,33)22-10-9-19(15-20(22)26)27-24(31)11-8-17-6-4-3-5-7-17/h2-7,9-10,15,18,21,25H,1,8,11-14,16H2,(H,27,31)(H,28,30). The first kappa shape index (κ1) is 25.4. The van der Waals surface area contributed by atoms with Gasteiger partial charge in [0.05, 0.1) is 11.1 Å². The Kier molecular flexibility index (Phi) is 7.91. The summed E-state index contributed by atoms with van der Waals surface area (Å²) in [5.41, 5.74) is 1.50. The Labute approximate surface area is 210 Å². The highest BCUT2D eigenvalue weighted by atomic mass is 35.5. The molecule has 2 heterocycles. The van der Waals surface area contributed by atoms with Crippen molar-refractivity contribution in [2.75, 3.05) is 18.4 Å². The number of carbonyl (C=O) groups excluding carboxylic acids is 2. The van der Waals surface area contributed by atoms with Crippen LogP contribution in [0.4, 0.5) is 5.69 Å². The Bertz CT molecular complexity index is 1200. The van der Waals surface area contributed by atoms with Crippen molar-refractivity contribution in [1.82, 2.24) is 9.62 Å². The molecule has 2 amide bonds. The van der Waals surface area contributed by atoms with Crippen LogP contribution in [0.3, 0.4) is 0 Å². The lowest BCUT2D eigenvalue weighted by Crippen LogP contribution is -2.45. The zero-order valence-electron chi connectivity index (χ0n) is 19.2. The van der Waals surface area contributed by atoms with E-state index in [0.29, 0.717) is 37.9 Å². The molecule has 0 aromatic heterocycles. The van der Waals surface area contributed by atoms with Crippen molar-refractivity contribution in [3.05, 3.63) is 71.8 Å².